The molecule has 2 rings (SSSR count). The average Bonchev–Trinajstić information content (AvgIpc) is 3.21. The van der Waals surface area contributed by atoms with Crippen molar-refractivity contribution in [3.8, 4) is 0 Å². The van der Waals surface area contributed by atoms with Crippen molar-refractivity contribution in [2.75, 3.05) is 19.6 Å². The van der Waals surface area contributed by atoms with Gasteiger partial charge in [-0.2, -0.15) is 0 Å². The minimum Gasteiger partial charge on any atom is -0.481 e. The summed E-state index contributed by atoms with van der Waals surface area (Å²) in [6.45, 7) is 4.42. The van der Waals surface area contributed by atoms with Gasteiger partial charge in [0, 0.05) is 25.7 Å². The van der Waals surface area contributed by atoms with E-state index in [0.29, 0.717) is 12.5 Å². The number of likely N-dealkylation sites (tertiary alicyclic amines) is 1. The Bertz CT molecular complexity index is 355. The molecule has 2 amide bonds. The Balaban J connectivity index is 1.99. The maximum absolute atomic E-state index is 12.7. The zero-order chi connectivity index (χ0) is 14.5. The highest BCUT2D eigenvalue weighted by atomic mass is 16.4. The van der Waals surface area contributed by atoms with E-state index in [1.807, 2.05) is 9.80 Å². The molecule has 20 heavy (non-hydrogen) atoms. The van der Waals surface area contributed by atoms with Crippen molar-refractivity contribution in [2.24, 2.45) is 5.92 Å². The minimum atomic E-state index is -0.807. The Morgan fingerprint density at radius 1 is 1.25 bits per heavy atom. The van der Waals surface area contributed by atoms with Crippen molar-refractivity contribution >= 4 is 12.0 Å². The molecule has 1 unspecified atom stereocenters. The summed E-state index contributed by atoms with van der Waals surface area (Å²) < 4.78 is 0. The van der Waals surface area contributed by atoms with Crippen LogP contribution in [0.25, 0.3) is 0 Å². The van der Waals surface area contributed by atoms with Crippen LogP contribution >= 0.6 is 0 Å². The molecule has 0 aromatic rings. The zero-order valence-electron chi connectivity index (χ0n) is 12.4. The second-order valence-electron chi connectivity index (χ2n) is 6.11. The summed E-state index contributed by atoms with van der Waals surface area (Å²) in [5.74, 6) is -0.132. The van der Waals surface area contributed by atoms with Gasteiger partial charge in [-0.05, 0) is 44.4 Å². The molecule has 0 bridgehead atoms. The monoisotopic (exact) mass is 282 g/mol. The topological polar surface area (TPSA) is 60.9 Å². The number of piperidine rings is 1. The molecule has 5 heteroatoms. The molecule has 5 nitrogen and oxygen atoms in total. The van der Waals surface area contributed by atoms with Crippen molar-refractivity contribution < 1.29 is 14.7 Å². The predicted molar refractivity (Wildman–Crippen MR) is 76.6 cm³/mol. The van der Waals surface area contributed by atoms with Crippen LogP contribution < -0.4 is 0 Å². The van der Waals surface area contributed by atoms with Crippen LogP contribution in [0.3, 0.4) is 0 Å². The van der Waals surface area contributed by atoms with Gasteiger partial charge >= 0.3 is 12.0 Å². The molecule has 0 radical (unpaired) electrons. The molecule has 1 heterocycles. The van der Waals surface area contributed by atoms with Crippen LogP contribution in [-0.4, -0.2) is 52.6 Å². The first-order valence-corrected chi connectivity index (χ1v) is 7.89. The van der Waals surface area contributed by atoms with Crippen LogP contribution in [-0.2, 0) is 4.79 Å². The fraction of sp³-hybridized carbons (Fsp3) is 0.867. The molecule has 2 fully saturated rings. The largest absolute Gasteiger partial charge is 0.481 e. The van der Waals surface area contributed by atoms with Crippen LogP contribution in [0.2, 0.25) is 0 Å². The van der Waals surface area contributed by atoms with Gasteiger partial charge in [-0.25, -0.2) is 4.79 Å². The number of hydrogen-bond donors (Lipinski definition) is 1. The highest BCUT2D eigenvalue weighted by molar-refractivity contribution is 5.76. The van der Waals surface area contributed by atoms with Gasteiger partial charge in [0.25, 0.3) is 0 Å². The van der Waals surface area contributed by atoms with E-state index in [1.165, 1.54) is 12.8 Å². The number of carboxylic acids is 1. The van der Waals surface area contributed by atoms with E-state index in [-0.39, 0.29) is 18.5 Å². The van der Waals surface area contributed by atoms with E-state index in [2.05, 4.69) is 6.92 Å². The average molecular weight is 282 g/mol. The molecule has 1 saturated carbocycles. The lowest BCUT2D eigenvalue weighted by atomic mass is 10.00. The summed E-state index contributed by atoms with van der Waals surface area (Å²) in [7, 11) is 0. The Morgan fingerprint density at radius 3 is 2.60 bits per heavy atom. The second-order valence-corrected chi connectivity index (χ2v) is 6.11. The van der Waals surface area contributed by atoms with Crippen LogP contribution in [0, 0.1) is 5.92 Å². The van der Waals surface area contributed by atoms with Crippen molar-refractivity contribution in [2.45, 2.75) is 57.9 Å². The van der Waals surface area contributed by atoms with Gasteiger partial charge in [-0.1, -0.05) is 6.92 Å². The molecule has 1 N–H and O–H groups in total. The van der Waals surface area contributed by atoms with E-state index < -0.39 is 5.97 Å². The molecular weight excluding hydrogens is 256 g/mol. The van der Waals surface area contributed by atoms with Gasteiger partial charge in [0.2, 0.25) is 0 Å². The second kappa shape index (κ2) is 6.95. The number of amides is 2. The van der Waals surface area contributed by atoms with Crippen molar-refractivity contribution in [3.05, 3.63) is 0 Å². The van der Waals surface area contributed by atoms with Crippen LogP contribution in [0.4, 0.5) is 4.79 Å². The van der Waals surface area contributed by atoms with Gasteiger partial charge in [0.1, 0.15) is 0 Å². The zero-order valence-corrected chi connectivity index (χ0v) is 12.4. The lowest BCUT2D eigenvalue weighted by molar-refractivity contribution is -0.138. The molecule has 2 aliphatic rings. The Kier molecular flexibility index (Phi) is 5.26. The molecule has 1 atom stereocenters. The van der Waals surface area contributed by atoms with Gasteiger partial charge in [-0.15, -0.1) is 0 Å². The molecule has 0 spiro atoms. The highest BCUT2D eigenvalue weighted by Crippen LogP contribution is 2.30. The summed E-state index contributed by atoms with van der Waals surface area (Å²) >= 11 is 0. The number of nitrogens with zero attached hydrogens (tertiary/aromatic N) is 2. The first-order valence-electron chi connectivity index (χ1n) is 7.89. The van der Waals surface area contributed by atoms with Crippen LogP contribution in [0.1, 0.15) is 51.9 Å². The molecular formula is C15H26N2O3. The first-order chi connectivity index (χ1) is 9.61. The lowest BCUT2D eigenvalue weighted by Gasteiger charge is -2.38. The summed E-state index contributed by atoms with van der Waals surface area (Å²) in [6, 6.07) is -0.0583. The number of urea groups is 1. The van der Waals surface area contributed by atoms with E-state index >= 15 is 0 Å². The van der Waals surface area contributed by atoms with Crippen molar-refractivity contribution in [3.63, 3.8) is 0 Å². The Morgan fingerprint density at radius 2 is 2.00 bits per heavy atom. The number of carbonyl (C=O) groups excluding carboxylic acids is 1. The van der Waals surface area contributed by atoms with E-state index in [9.17, 15) is 9.59 Å². The fourth-order valence-corrected chi connectivity index (χ4v) is 2.99. The van der Waals surface area contributed by atoms with Crippen LogP contribution in [0.15, 0.2) is 0 Å². The third-order valence-electron chi connectivity index (χ3n) is 4.22. The number of carbonyl (C=O) groups is 2. The molecule has 0 aromatic carbocycles. The lowest BCUT2D eigenvalue weighted by Crippen LogP contribution is -2.51. The molecule has 0 aromatic heterocycles. The normalized spacial score (nSPS) is 22.6. The van der Waals surface area contributed by atoms with Crippen molar-refractivity contribution in [1.82, 2.24) is 9.80 Å². The number of carboxylic acid groups (broad SMARTS) is 1. The third kappa shape index (κ3) is 4.12. The SMILES string of the molecule is CCCN(CC1CC1)C(=O)N1CCCCC1CC(=O)O. The maximum Gasteiger partial charge on any atom is 0.320 e. The van der Waals surface area contributed by atoms with E-state index in [4.69, 9.17) is 5.11 Å². The minimum absolute atomic E-state index is 0.0599. The van der Waals surface area contributed by atoms with Gasteiger partial charge in [-0.3, -0.25) is 4.79 Å². The molecule has 1 aliphatic carbocycles. The fourth-order valence-electron chi connectivity index (χ4n) is 2.99. The standard InChI is InChI=1S/C15H26N2O3/c1-2-8-16(11-12-6-7-12)15(20)17-9-4-3-5-13(17)10-14(18)19/h12-13H,2-11H2,1H3,(H,18,19). The quantitative estimate of drug-likeness (QED) is 0.814. The van der Waals surface area contributed by atoms with Gasteiger partial charge in [0.15, 0.2) is 0 Å². The Labute approximate surface area is 120 Å². The Hall–Kier alpha value is -1.26. The summed E-state index contributed by atoms with van der Waals surface area (Å²) in [5.41, 5.74) is 0. The number of aliphatic carboxylic acids is 1. The first kappa shape index (κ1) is 15.1. The molecule has 1 aliphatic heterocycles. The van der Waals surface area contributed by atoms with E-state index in [1.54, 1.807) is 0 Å². The van der Waals surface area contributed by atoms with Gasteiger partial charge in [0.05, 0.1) is 6.42 Å². The molecule has 1 saturated heterocycles. The summed E-state index contributed by atoms with van der Waals surface area (Å²) in [6.07, 6.45) is 6.33. The van der Waals surface area contributed by atoms with Gasteiger partial charge < -0.3 is 14.9 Å². The predicted octanol–water partition coefficient (Wildman–Crippen LogP) is 2.56. The molecule has 114 valence electrons. The smallest absolute Gasteiger partial charge is 0.320 e. The third-order valence-corrected chi connectivity index (χ3v) is 4.22. The van der Waals surface area contributed by atoms with E-state index in [0.717, 1.165) is 38.8 Å². The summed E-state index contributed by atoms with van der Waals surface area (Å²) in [5, 5.41) is 9.01. The summed E-state index contributed by atoms with van der Waals surface area (Å²) in [4.78, 5) is 27.4. The van der Waals surface area contributed by atoms with Crippen molar-refractivity contribution in [1.29, 1.82) is 0 Å². The number of hydrogen-bond acceptors (Lipinski definition) is 2. The maximum atomic E-state index is 12.7. The highest BCUT2D eigenvalue weighted by Gasteiger charge is 2.33. The number of rotatable bonds is 6. The van der Waals surface area contributed by atoms with Crippen LogP contribution in [0.5, 0.6) is 0 Å².